The van der Waals surface area contributed by atoms with E-state index in [1.807, 2.05) is 0 Å². The summed E-state index contributed by atoms with van der Waals surface area (Å²) in [5.74, 6) is -0.411. The molecule has 0 saturated carbocycles. The predicted molar refractivity (Wildman–Crippen MR) is 218 cm³/mol. The van der Waals surface area contributed by atoms with Gasteiger partial charge in [-0.3, -0.25) is 13.8 Å². The molecule has 0 saturated heterocycles. The van der Waals surface area contributed by atoms with Crippen molar-refractivity contribution in [3.05, 3.63) is 0 Å². The maximum Gasteiger partial charge on any atom is 0.472 e. The normalized spacial score (nSPS) is 14.7. The lowest BCUT2D eigenvalue weighted by atomic mass is 10.0. The van der Waals surface area contributed by atoms with E-state index in [9.17, 15) is 24.5 Å². The molecule has 0 aromatic heterocycles. The monoisotopic (exact) mass is 763 g/mol. The summed E-state index contributed by atoms with van der Waals surface area (Å²) in [7, 11) is -4.36. The number of rotatable bonds is 42. The number of nitrogens with two attached hydrogens (primary N) is 1. The lowest BCUT2D eigenvalue weighted by Crippen LogP contribution is -2.47. The minimum atomic E-state index is -4.36. The molecule has 0 aromatic rings. The molecule has 0 aliphatic carbocycles. The zero-order valence-corrected chi connectivity index (χ0v) is 35.1. The molecule has 0 fully saturated rings. The van der Waals surface area contributed by atoms with Crippen LogP contribution in [0.4, 0.5) is 0 Å². The van der Waals surface area contributed by atoms with Crippen molar-refractivity contribution < 1.29 is 33.5 Å². The average Bonchev–Trinajstić information content (AvgIpc) is 3.12. The Hall–Kier alpha value is -0.540. The highest BCUT2D eigenvalue weighted by molar-refractivity contribution is 7.47. The molecule has 0 aliphatic rings. The van der Waals surface area contributed by atoms with Crippen molar-refractivity contribution in [1.82, 2.24) is 5.32 Å². The summed E-state index contributed by atoms with van der Waals surface area (Å²) in [5.41, 5.74) is 5.36. The molecule has 4 atom stereocenters. The van der Waals surface area contributed by atoms with Gasteiger partial charge in [-0.15, -0.1) is 0 Å². The van der Waals surface area contributed by atoms with Gasteiger partial charge < -0.3 is 26.2 Å². The Bertz CT molecular complexity index is 806. The third-order valence-corrected chi connectivity index (χ3v) is 11.2. The maximum absolute atomic E-state index is 12.8. The summed E-state index contributed by atoms with van der Waals surface area (Å²) >= 11 is 0. The maximum atomic E-state index is 12.8. The van der Waals surface area contributed by atoms with Crippen LogP contribution in [0.3, 0.4) is 0 Å². The molecule has 9 nitrogen and oxygen atoms in total. The van der Waals surface area contributed by atoms with E-state index in [2.05, 4.69) is 19.2 Å². The number of carbonyl (C=O) groups excluding carboxylic acids is 1. The van der Waals surface area contributed by atoms with Crippen molar-refractivity contribution in [3.8, 4) is 0 Å². The number of carbonyl (C=O) groups is 1. The first-order valence-electron chi connectivity index (χ1n) is 22.2. The summed E-state index contributed by atoms with van der Waals surface area (Å²) in [4.78, 5) is 22.7. The highest BCUT2D eigenvalue weighted by Crippen LogP contribution is 2.43. The fourth-order valence-electron chi connectivity index (χ4n) is 6.89. The van der Waals surface area contributed by atoms with Gasteiger partial charge in [-0.05, 0) is 12.8 Å². The van der Waals surface area contributed by atoms with Crippen molar-refractivity contribution in [3.63, 3.8) is 0 Å². The minimum Gasteiger partial charge on any atom is -0.393 e. The van der Waals surface area contributed by atoms with Crippen LogP contribution in [0.5, 0.6) is 0 Å². The van der Waals surface area contributed by atoms with Crippen LogP contribution in [0.15, 0.2) is 0 Å². The summed E-state index contributed by atoms with van der Waals surface area (Å²) in [6, 6.07) is -0.889. The van der Waals surface area contributed by atoms with Gasteiger partial charge >= 0.3 is 7.82 Å². The Labute approximate surface area is 321 Å². The lowest BCUT2D eigenvalue weighted by Gasteiger charge is -2.25. The van der Waals surface area contributed by atoms with Crippen LogP contribution < -0.4 is 11.1 Å². The Morgan fingerprint density at radius 1 is 0.577 bits per heavy atom. The average molecular weight is 763 g/mol. The molecular weight excluding hydrogens is 675 g/mol. The van der Waals surface area contributed by atoms with Crippen LogP contribution in [-0.2, 0) is 18.4 Å². The van der Waals surface area contributed by atoms with Crippen LogP contribution in [-0.4, -0.2) is 59.0 Å². The first kappa shape index (κ1) is 51.5. The topological polar surface area (TPSA) is 151 Å². The number of phosphoric ester groups is 1. The predicted octanol–water partition coefficient (Wildman–Crippen LogP) is 11.2. The van der Waals surface area contributed by atoms with Crippen molar-refractivity contribution in [2.24, 2.45) is 5.73 Å². The molecule has 52 heavy (non-hydrogen) atoms. The second-order valence-electron chi connectivity index (χ2n) is 15.5. The largest absolute Gasteiger partial charge is 0.472 e. The van der Waals surface area contributed by atoms with Crippen molar-refractivity contribution in [1.29, 1.82) is 0 Å². The number of aliphatic hydroxyl groups excluding tert-OH is 2. The smallest absolute Gasteiger partial charge is 0.393 e. The number of amides is 1. The van der Waals surface area contributed by atoms with Crippen LogP contribution >= 0.6 is 7.82 Å². The molecule has 0 aliphatic heterocycles. The molecule has 312 valence electrons. The van der Waals surface area contributed by atoms with Gasteiger partial charge in [-0.25, -0.2) is 4.57 Å². The second-order valence-corrected chi connectivity index (χ2v) is 16.9. The molecule has 6 N–H and O–H groups in total. The van der Waals surface area contributed by atoms with Crippen molar-refractivity contribution in [2.45, 2.75) is 244 Å². The summed E-state index contributed by atoms with van der Waals surface area (Å²) < 4.78 is 22.1. The third-order valence-electron chi connectivity index (χ3n) is 10.3. The highest BCUT2D eigenvalue weighted by atomic mass is 31.2. The fourth-order valence-corrected chi connectivity index (χ4v) is 7.65. The standard InChI is InChI=1S/C42H87N2O7P/c1-3-5-7-9-11-13-14-15-16-17-18-19-20-21-22-23-24-26-27-29-31-33-39(45)37-42(47)44-40(38-51-52(48,49)50-36-35-43)41(46)34-32-30-28-25-12-10-8-6-4-2/h39-41,45-46H,3-38,43H2,1-2H3,(H,44,47)(H,48,49). The Morgan fingerprint density at radius 3 is 1.29 bits per heavy atom. The number of unbranched alkanes of at least 4 members (excludes halogenated alkanes) is 28. The van der Waals surface area contributed by atoms with Crippen molar-refractivity contribution >= 4 is 13.7 Å². The first-order chi connectivity index (χ1) is 25.3. The van der Waals surface area contributed by atoms with Crippen LogP contribution in [0.25, 0.3) is 0 Å². The molecule has 0 bridgehead atoms. The van der Waals surface area contributed by atoms with Gasteiger partial charge in [0, 0.05) is 6.54 Å². The molecule has 0 heterocycles. The van der Waals surface area contributed by atoms with Gasteiger partial charge in [0.15, 0.2) is 0 Å². The zero-order valence-electron chi connectivity index (χ0n) is 34.2. The van der Waals surface area contributed by atoms with Crippen LogP contribution in [0, 0.1) is 0 Å². The fraction of sp³-hybridized carbons (Fsp3) is 0.976. The van der Waals surface area contributed by atoms with E-state index in [0.29, 0.717) is 12.8 Å². The van der Waals surface area contributed by atoms with Gasteiger partial charge in [0.25, 0.3) is 0 Å². The van der Waals surface area contributed by atoms with Gasteiger partial charge in [0.1, 0.15) is 0 Å². The molecule has 0 aromatic carbocycles. The Morgan fingerprint density at radius 2 is 0.923 bits per heavy atom. The van der Waals surface area contributed by atoms with E-state index in [-0.39, 0.29) is 26.2 Å². The van der Waals surface area contributed by atoms with Gasteiger partial charge in [-0.1, -0.05) is 206 Å². The highest BCUT2D eigenvalue weighted by Gasteiger charge is 2.28. The SMILES string of the molecule is CCCCCCCCCCCCCCCCCCCCCCCC(O)CC(=O)NC(COP(=O)(O)OCCN)C(O)CCCCCCCCCCC. The molecule has 1 amide bonds. The van der Waals surface area contributed by atoms with Gasteiger partial charge in [0.2, 0.25) is 5.91 Å². The Kier molecular flexibility index (Phi) is 38.3. The number of aliphatic hydroxyl groups is 2. The summed E-state index contributed by atoms with van der Waals surface area (Å²) in [6.45, 7) is 4.04. The minimum absolute atomic E-state index is 0.0623. The van der Waals surface area contributed by atoms with E-state index in [1.54, 1.807) is 0 Å². The molecule has 10 heteroatoms. The van der Waals surface area contributed by atoms with Crippen molar-refractivity contribution in [2.75, 3.05) is 19.8 Å². The molecular formula is C42H87N2O7P. The zero-order chi connectivity index (χ0) is 38.4. The Balaban J connectivity index is 4.06. The second kappa shape index (κ2) is 38.7. The third kappa shape index (κ3) is 36.4. The van der Waals surface area contributed by atoms with E-state index >= 15 is 0 Å². The molecule has 0 radical (unpaired) electrons. The summed E-state index contributed by atoms with van der Waals surface area (Å²) in [6.07, 6.45) is 37.4. The lowest BCUT2D eigenvalue weighted by molar-refractivity contribution is -0.125. The van der Waals surface area contributed by atoms with E-state index in [4.69, 9.17) is 14.8 Å². The quantitative estimate of drug-likeness (QED) is 0.0304. The molecule has 0 spiro atoms. The van der Waals surface area contributed by atoms with E-state index in [0.717, 1.165) is 38.5 Å². The molecule has 4 unspecified atom stereocenters. The number of hydrogen-bond donors (Lipinski definition) is 5. The first-order valence-corrected chi connectivity index (χ1v) is 23.7. The van der Waals surface area contributed by atoms with Crippen LogP contribution in [0.1, 0.15) is 226 Å². The molecule has 0 rings (SSSR count). The van der Waals surface area contributed by atoms with E-state index < -0.39 is 32.0 Å². The summed E-state index contributed by atoms with van der Waals surface area (Å²) in [5, 5.41) is 24.1. The number of nitrogens with one attached hydrogen (secondary N) is 1. The number of hydrogen-bond acceptors (Lipinski definition) is 7. The van der Waals surface area contributed by atoms with Gasteiger partial charge in [-0.2, -0.15) is 0 Å². The van der Waals surface area contributed by atoms with E-state index in [1.165, 1.54) is 154 Å². The number of phosphoric acid groups is 1. The van der Waals surface area contributed by atoms with Crippen LogP contribution in [0.2, 0.25) is 0 Å². The van der Waals surface area contributed by atoms with Gasteiger partial charge in [0.05, 0.1) is 37.9 Å².